The summed E-state index contributed by atoms with van der Waals surface area (Å²) in [5.41, 5.74) is 1.42. The van der Waals surface area contributed by atoms with Crippen LogP contribution in [0.3, 0.4) is 0 Å². The molecule has 0 fully saturated rings. The highest BCUT2D eigenvalue weighted by atomic mass is 16.6. The van der Waals surface area contributed by atoms with Crippen LogP contribution < -0.4 is 0 Å². The largest absolute Gasteiger partial charge is 0.633 e. The van der Waals surface area contributed by atoms with Crippen LogP contribution in [0.25, 0.3) is 0 Å². The molecule has 0 aliphatic carbocycles. The van der Waals surface area contributed by atoms with Crippen molar-refractivity contribution in [2.24, 2.45) is 0 Å². The van der Waals surface area contributed by atoms with Gasteiger partial charge < -0.3 is 19.4 Å². The zero-order valence-corrected chi connectivity index (χ0v) is 8.92. The minimum Gasteiger partial charge on any atom is -0.465 e. The highest BCUT2D eigenvalue weighted by molar-refractivity contribution is 6.32. The molecular formula is C10H13BO5. The van der Waals surface area contributed by atoms with Crippen LogP contribution in [0.2, 0.25) is 0 Å². The first-order valence-electron chi connectivity index (χ1n) is 4.78. The zero-order valence-electron chi connectivity index (χ0n) is 8.92. The number of carbonyl (C=O) groups excluding carboxylic acids is 1. The van der Waals surface area contributed by atoms with Gasteiger partial charge in [0.2, 0.25) is 0 Å². The van der Waals surface area contributed by atoms with Gasteiger partial charge in [-0.15, -0.1) is 0 Å². The van der Waals surface area contributed by atoms with Crippen molar-refractivity contribution in [2.75, 3.05) is 13.7 Å². The smallest absolute Gasteiger partial charge is 0.465 e. The van der Waals surface area contributed by atoms with E-state index in [4.69, 9.17) is 10.0 Å². The summed E-state index contributed by atoms with van der Waals surface area (Å²) in [5, 5.41) is 16.9. The fourth-order valence-corrected chi connectivity index (χ4v) is 1.21. The number of rotatable bonds is 5. The second-order valence-corrected chi connectivity index (χ2v) is 3.14. The molecule has 0 spiro atoms. The molecule has 0 atom stereocenters. The van der Waals surface area contributed by atoms with E-state index in [-0.39, 0.29) is 12.6 Å². The highest BCUT2D eigenvalue weighted by Gasteiger charge is 2.08. The van der Waals surface area contributed by atoms with Gasteiger partial charge in [0.15, 0.2) is 0 Å². The standard InChI is InChI=1S/C10H13BO5/c1-15-10(12)9-4-2-8(3-5-9)6-7-16-11(13)14/h2-5,13-14H,6-7H2,1H3. The number of ether oxygens (including phenoxy) is 1. The van der Waals surface area contributed by atoms with E-state index in [1.165, 1.54) is 7.11 Å². The molecule has 86 valence electrons. The van der Waals surface area contributed by atoms with Crippen LogP contribution in [0.1, 0.15) is 15.9 Å². The predicted octanol–water partition coefficient (Wildman–Crippen LogP) is 0.00180. The molecule has 0 saturated heterocycles. The van der Waals surface area contributed by atoms with Crippen molar-refractivity contribution in [1.29, 1.82) is 0 Å². The zero-order chi connectivity index (χ0) is 12.0. The Balaban J connectivity index is 2.48. The summed E-state index contributed by atoms with van der Waals surface area (Å²) in [4.78, 5) is 11.1. The quantitative estimate of drug-likeness (QED) is 0.543. The van der Waals surface area contributed by atoms with Gasteiger partial charge in [0.1, 0.15) is 0 Å². The third-order valence-electron chi connectivity index (χ3n) is 2.03. The van der Waals surface area contributed by atoms with E-state index in [1.807, 2.05) is 0 Å². The molecule has 0 unspecified atom stereocenters. The summed E-state index contributed by atoms with van der Waals surface area (Å²) >= 11 is 0. The summed E-state index contributed by atoms with van der Waals surface area (Å²) in [6.45, 7) is 0.204. The number of methoxy groups -OCH3 is 1. The molecule has 0 saturated carbocycles. The second kappa shape index (κ2) is 6.27. The van der Waals surface area contributed by atoms with Crippen molar-refractivity contribution < 1.29 is 24.2 Å². The molecule has 1 rings (SSSR count). The highest BCUT2D eigenvalue weighted by Crippen LogP contribution is 2.06. The average molecular weight is 224 g/mol. The van der Waals surface area contributed by atoms with Gasteiger partial charge in [0.05, 0.1) is 12.7 Å². The Morgan fingerprint density at radius 2 is 1.94 bits per heavy atom. The van der Waals surface area contributed by atoms with Crippen molar-refractivity contribution in [1.82, 2.24) is 0 Å². The third-order valence-corrected chi connectivity index (χ3v) is 2.03. The van der Waals surface area contributed by atoms with Crippen LogP contribution in [0, 0.1) is 0 Å². The number of benzene rings is 1. The lowest BCUT2D eigenvalue weighted by molar-refractivity contribution is 0.0600. The molecule has 6 heteroatoms. The molecule has 0 bridgehead atoms. The molecule has 0 aliphatic rings. The molecule has 0 amide bonds. The van der Waals surface area contributed by atoms with Crippen LogP contribution in [-0.2, 0) is 15.8 Å². The van der Waals surface area contributed by atoms with Gasteiger partial charge in [0, 0.05) is 6.61 Å². The van der Waals surface area contributed by atoms with Crippen molar-refractivity contribution in [3.05, 3.63) is 35.4 Å². The van der Waals surface area contributed by atoms with E-state index in [0.717, 1.165) is 5.56 Å². The van der Waals surface area contributed by atoms with Gasteiger partial charge >= 0.3 is 13.3 Å². The van der Waals surface area contributed by atoms with Crippen LogP contribution in [0.5, 0.6) is 0 Å². The lowest BCUT2D eigenvalue weighted by atomic mass is 10.1. The van der Waals surface area contributed by atoms with Crippen LogP contribution in [0.15, 0.2) is 24.3 Å². The maximum Gasteiger partial charge on any atom is 0.633 e. The second-order valence-electron chi connectivity index (χ2n) is 3.14. The molecule has 1 aromatic rings. The molecule has 0 radical (unpaired) electrons. The maximum atomic E-state index is 11.1. The Morgan fingerprint density at radius 3 is 2.44 bits per heavy atom. The van der Waals surface area contributed by atoms with Gasteiger partial charge in [0.25, 0.3) is 0 Å². The van der Waals surface area contributed by atoms with Crippen molar-refractivity contribution in [3.8, 4) is 0 Å². The van der Waals surface area contributed by atoms with Crippen LogP contribution >= 0.6 is 0 Å². The summed E-state index contributed by atoms with van der Waals surface area (Å²) in [6, 6.07) is 6.83. The van der Waals surface area contributed by atoms with E-state index < -0.39 is 7.32 Å². The SMILES string of the molecule is COC(=O)c1ccc(CCOB(O)O)cc1. The molecular weight excluding hydrogens is 211 g/mol. The molecule has 5 nitrogen and oxygen atoms in total. The van der Waals surface area contributed by atoms with Gasteiger partial charge in [-0.2, -0.15) is 0 Å². The summed E-state index contributed by atoms with van der Waals surface area (Å²) in [5.74, 6) is -0.381. The summed E-state index contributed by atoms with van der Waals surface area (Å²) < 4.78 is 9.12. The number of hydrogen-bond donors (Lipinski definition) is 2. The number of hydrogen-bond acceptors (Lipinski definition) is 5. The lowest BCUT2D eigenvalue weighted by Gasteiger charge is -2.04. The maximum absolute atomic E-state index is 11.1. The van der Waals surface area contributed by atoms with Crippen molar-refractivity contribution in [3.63, 3.8) is 0 Å². The van der Waals surface area contributed by atoms with E-state index in [1.54, 1.807) is 24.3 Å². The lowest BCUT2D eigenvalue weighted by Crippen LogP contribution is -2.18. The van der Waals surface area contributed by atoms with E-state index >= 15 is 0 Å². The minimum absolute atomic E-state index is 0.204. The van der Waals surface area contributed by atoms with Gasteiger partial charge in [-0.05, 0) is 24.1 Å². The molecule has 2 N–H and O–H groups in total. The normalized spacial score (nSPS) is 9.94. The molecule has 1 aromatic carbocycles. The van der Waals surface area contributed by atoms with E-state index in [0.29, 0.717) is 12.0 Å². The number of esters is 1. The van der Waals surface area contributed by atoms with Crippen LogP contribution in [0.4, 0.5) is 0 Å². The van der Waals surface area contributed by atoms with Crippen molar-refractivity contribution >= 4 is 13.3 Å². The fraction of sp³-hybridized carbons (Fsp3) is 0.300. The first-order valence-corrected chi connectivity index (χ1v) is 4.78. The van der Waals surface area contributed by atoms with Gasteiger partial charge in [-0.25, -0.2) is 4.79 Å². The Labute approximate surface area is 93.8 Å². The first kappa shape index (κ1) is 12.7. The fourth-order valence-electron chi connectivity index (χ4n) is 1.21. The first-order chi connectivity index (χ1) is 7.63. The Hall–Kier alpha value is -1.37. The third kappa shape index (κ3) is 4.02. The summed E-state index contributed by atoms with van der Waals surface area (Å²) in [7, 11) is -0.415. The molecule has 0 heterocycles. The van der Waals surface area contributed by atoms with Crippen molar-refractivity contribution in [2.45, 2.75) is 6.42 Å². The minimum atomic E-state index is -1.74. The molecule has 16 heavy (non-hydrogen) atoms. The van der Waals surface area contributed by atoms with E-state index in [2.05, 4.69) is 9.39 Å². The Bertz CT molecular complexity index is 336. The monoisotopic (exact) mass is 224 g/mol. The average Bonchev–Trinajstić information content (AvgIpc) is 2.28. The van der Waals surface area contributed by atoms with Gasteiger partial charge in [-0.1, -0.05) is 12.1 Å². The predicted molar refractivity (Wildman–Crippen MR) is 57.6 cm³/mol. The van der Waals surface area contributed by atoms with Crippen LogP contribution in [-0.4, -0.2) is 37.1 Å². The topological polar surface area (TPSA) is 76.0 Å². The van der Waals surface area contributed by atoms with E-state index in [9.17, 15) is 4.79 Å². The van der Waals surface area contributed by atoms with Gasteiger partial charge in [-0.3, -0.25) is 0 Å². The Kier molecular flexibility index (Phi) is 4.98. The molecule has 0 aliphatic heterocycles. The number of carbonyl (C=O) groups is 1. The molecule has 0 aromatic heterocycles. The Morgan fingerprint density at radius 1 is 1.31 bits per heavy atom. The summed E-state index contributed by atoms with van der Waals surface area (Å²) in [6.07, 6.45) is 0.541.